The first-order valence-electron chi connectivity index (χ1n) is 7.65. The van der Waals surface area contributed by atoms with Crippen molar-refractivity contribution in [3.05, 3.63) is 41.5 Å². The lowest BCUT2D eigenvalue weighted by Gasteiger charge is -2.47. The van der Waals surface area contributed by atoms with Crippen molar-refractivity contribution in [3.63, 3.8) is 0 Å². The van der Waals surface area contributed by atoms with E-state index < -0.39 is 5.60 Å². The minimum atomic E-state index is -0.626. The van der Waals surface area contributed by atoms with E-state index in [1.807, 2.05) is 18.2 Å². The molecule has 3 rings (SSSR count). The summed E-state index contributed by atoms with van der Waals surface area (Å²) in [4.78, 5) is 0. The zero-order valence-electron chi connectivity index (χ0n) is 12.2. The molecule has 1 aromatic rings. The second-order valence-corrected chi connectivity index (χ2v) is 6.76. The highest BCUT2D eigenvalue weighted by Gasteiger charge is 2.57. The maximum absolute atomic E-state index is 11.1. The first kappa shape index (κ1) is 13.8. The molecule has 20 heavy (non-hydrogen) atoms. The molecular formula is C18H24O2. The lowest BCUT2D eigenvalue weighted by Crippen LogP contribution is -2.48. The van der Waals surface area contributed by atoms with Crippen LogP contribution in [0, 0.1) is 11.3 Å². The lowest BCUT2D eigenvalue weighted by atomic mass is 9.61. The van der Waals surface area contributed by atoms with Crippen LogP contribution in [0.1, 0.15) is 44.6 Å². The van der Waals surface area contributed by atoms with Crippen LogP contribution in [0.3, 0.4) is 0 Å². The van der Waals surface area contributed by atoms with E-state index in [4.69, 9.17) is 0 Å². The van der Waals surface area contributed by atoms with Gasteiger partial charge in [0.05, 0.1) is 5.60 Å². The van der Waals surface area contributed by atoms with Gasteiger partial charge < -0.3 is 10.2 Å². The molecule has 1 aromatic carbocycles. The predicted molar refractivity (Wildman–Crippen MR) is 81.1 cm³/mol. The first-order valence-corrected chi connectivity index (χ1v) is 7.65. The third-order valence-electron chi connectivity index (χ3n) is 5.75. The standard InChI is InChI=1S/C18H24O2/c1-17-9-7-15(11-14-5-3-2-4-6-14)12-18(17,20)10-8-16(17)13-19/h2-6,11,16,19-20H,7-10,12-13H2,1H3/b15-11+/t16-,17-,18+/m1/s1. The number of benzene rings is 1. The van der Waals surface area contributed by atoms with Gasteiger partial charge in [-0.3, -0.25) is 0 Å². The first-order chi connectivity index (χ1) is 9.57. The van der Waals surface area contributed by atoms with Gasteiger partial charge in [-0.1, -0.05) is 48.9 Å². The Kier molecular flexibility index (Phi) is 3.47. The van der Waals surface area contributed by atoms with E-state index >= 15 is 0 Å². The zero-order chi connectivity index (χ0) is 14.2. The SMILES string of the molecule is C[C@]12CC/C(=C\c3ccccc3)C[C@@]1(O)CC[C@@H]2CO. The maximum atomic E-state index is 11.1. The van der Waals surface area contributed by atoms with Crippen LogP contribution in [-0.4, -0.2) is 22.4 Å². The summed E-state index contributed by atoms with van der Waals surface area (Å²) in [5, 5.41) is 20.6. The molecule has 0 aliphatic heterocycles. The van der Waals surface area contributed by atoms with Crippen LogP contribution in [0.15, 0.2) is 35.9 Å². The van der Waals surface area contributed by atoms with E-state index in [9.17, 15) is 10.2 Å². The molecule has 0 aromatic heterocycles. The van der Waals surface area contributed by atoms with Gasteiger partial charge >= 0.3 is 0 Å². The maximum Gasteiger partial charge on any atom is 0.0741 e. The molecule has 2 aliphatic rings. The van der Waals surface area contributed by atoms with Crippen LogP contribution >= 0.6 is 0 Å². The van der Waals surface area contributed by atoms with Gasteiger partial charge in [0.1, 0.15) is 0 Å². The van der Waals surface area contributed by atoms with Crippen molar-refractivity contribution < 1.29 is 10.2 Å². The Bertz CT molecular complexity index is 507. The number of aliphatic hydroxyl groups is 2. The fourth-order valence-corrected chi connectivity index (χ4v) is 4.21. The van der Waals surface area contributed by atoms with E-state index in [0.717, 1.165) is 32.1 Å². The Labute approximate surface area is 121 Å². The lowest BCUT2D eigenvalue weighted by molar-refractivity contribution is -0.0913. The number of rotatable bonds is 2. The van der Waals surface area contributed by atoms with Crippen LogP contribution < -0.4 is 0 Å². The van der Waals surface area contributed by atoms with E-state index in [2.05, 4.69) is 25.1 Å². The highest BCUT2D eigenvalue weighted by atomic mass is 16.3. The molecule has 2 nitrogen and oxygen atoms in total. The summed E-state index contributed by atoms with van der Waals surface area (Å²) < 4.78 is 0. The van der Waals surface area contributed by atoms with Crippen molar-refractivity contribution >= 4 is 6.08 Å². The Balaban J connectivity index is 1.84. The summed E-state index contributed by atoms with van der Waals surface area (Å²) in [6, 6.07) is 10.3. The molecule has 0 heterocycles. The average molecular weight is 272 g/mol. The molecule has 108 valence electrons. The topological polar surface area (TPSA) is 40.5 Å². The minimum Gasteiger partial charge on any atom is -0.396 e. The molecule has 0 unspecified atom stereocenters. The molecule has 3 atom stereocenters. The average Bonchev–Trinajstić information content (AvgIpc) is 2.71. The van der Waals surface area contributed by atoms with Crippen LogP contribution in [0.2, 0.25) is 0 Å². The summed E-state index contributed by atoms with van der Waals surface area (Å²) in [6.45, 7) is 2.37. The Morgan fingerprint density at radius 3 is 2.70 bits per heavy atom. The van der Waals surface area contributed by atoms with Crippen molar-refractivity contribution in [2.75, 3.05) is 6.61 Å². The van der Waals surface area contributed by atoms with E-state index in [-0.39, 0.29) is 17.9 Å². The van der Waals surface area contributed by atoms with E-state index in [1.165, 1.54) is 11.1 Å². The molecule has 0 amide bonds. The van der Waals surface area contributed by atoms with Crippen LogP contribution in [0.5, 0.6) is 0 Å². The van der Waals surface area contributed by atoms with Crippen molar-refractivity contribution in [2.45, 2.75) is 44.6 Å². The fraction of sp³-hybridized carbons (Fsp3) is 0.556. The molecule has 2 N–H and O–H groups in total. The fourth-order valence-electron chi connectivity index (χ4n) is 4.21. The summed E-state index contributed by atoms with van der Waals surface area (Å²) in [5.41, 5.74) is 1.82. The second-order valence-electron chi connectivity index (χ2n) is 6.76. The van der Waals surface area contributed by atoms with Gasteiger partial charge in [0.2, 0.25) is 0 Å². The summed E-state index contributed by atoms with van der Waals surface area (Å²) >= 11 is 0. The van der Waals surface area contributed by atoms with Gasteiger partial charge in [0, 0.05) is 12.0 Å². The van der Waals surface area contributed by atoms with Gasteiger partial charge in [-0.2, -0.15) is 0 Å². The predicted octanol–water partition coefficient (Wildman–Crippen LogP) is 3.39. The number of aliphatic hydroxyl groups excluding tert-OH is 1. The highest BCUT2D eigenvalue weighted by Crippen LogP contribution is 2.58. The second kappa shape index (κ2) is 5.01. The summed E-state index contributed by atoms with van der Waals surface area (Å²) in [7, 11) is 0. The highest BCUT2D eigenvalue weighted by molar-refractivity contribution is 5.53. The van der Waals surface area contributed by atoms with E-state index in [0.29, 0.717) is 0 Å². The Morgan fingerprint density at radius 2 is 2.00 bits per heavy atom. The van der Waals surface area contributed by atoms with Gasteiger partial charge in [-0.05, 0) is 43.6 Å². The van der Waals surface area contributed by atoms with Crippen molar-refractivity contribution in [3.8, 4) is 0 Å². The molecular weight excluding hydrogens is 248 g/mol. The number of hydrogen-bond acceptors (Lipinski definition) is 2. The quantitative estimate of drug-likeness (QED) is 0.866. The van der Waals surface area contributed by atoms with E-state index in [1.54, 1.807) is 0 Å². The number of fused-ring (bicyclic) bond motifs is 1. The third kappa shape index (κ3) is 2.11. The molecule has 2 aliphatic carbocycles. The number of hydrogen-bond donors (Lipinski definition) is 2. The van der Waals surface area contributed by atoms with Crippen molar-refractivity contribution in [1.82, 2.24) is 0 Å². The normalized spacial score (nSPS) is 39.0. The Morgan fingerprint density at radius 1 is 1.25 bits per heavy atom. The van der Waals surface area contributed by atoms with Crippen molar-refractivity contribution in [2.24, 2.45) is 11.3 Å². The summed E-state index contributed by atoms with van der Waals surface area (Å²) in [5.74, 6) is 0.255. The van der Waals surface area contributed by atoms with Crippen LogP contribution in [0.25, 0.3) is 6.08 Å². The van der Waals surface area contributed by atoms with Crippen LogP contribution in [-0.2, 0) is 0 Å². The molecule has 0 radical (unpaired) electrons. The van der Waals surface area contributed by atoms with Gasteiger partial charge in [-0.25, -0.2) is 0 Å². The molecule has 2 heteroatoms. The van der Waals surface area contributed by atoms with Gasteiger partial charge in [0.25, 0.3) is 0 Å². The molecule has 0 bridgehead atoms. The van der Waals surface area contributed by atoms with Crippen LogP contribution in [0.4, 0.5) is 0 Å². The molecule has 0 saturated heterocycles. The largest absolute Gasteiger partial charge is 0.396 e. The summed E-state index contributed by atoms with van der Waals surface area (Å²) in [6.07, 6.45) is 6.76. The smallest absolute Gasteiger partial charge is 0.0741 e. The molecule has 0 spiro atoms. The minimum absolute atomic E-state index is 0.115. The van der Waals surface area contributed by atoms with Crippen molar-refractivity contribution in [1.29, 1.82) is 0 Å². The molecule has 2 fully saturated rings. The Hall–Kier alpha value is -1.12. The van der Waals surface area contributed by atoms with Gasteiger partial charge in [-0.15, -0.1) is 0 Å². The monoisotopic (exact) mass is 272 g/mol. The molecule has 2 saturated carbocycles. The van der Waals surface area contributed by atoms with Gasteiger partial charge in [0.15, 0.2) is 0 Å². The zero-order valence-corrected chi connectivity index (χ0v) is 12.2. The third-order valence-corrected chi connectivity index (χ3v) is 5.75.